The second kappa shape index (κ2) is 6.54. The van der Waals surface area contributed by atoms with Gasteiger partial charge in [0.15, 0.2) is 0 Å². The number of carbonyl (C=O) groups excluding carboxylic acids is 1. The molecule has 0 saturated heterocycles. The first kappa shape index (κ1) is 14.7. The summed E-state index contributed by atoms with van der Waals surface area (Å²) in [6.45, 7) is 9.42. The maximum atomic E-state index is 11.7. The molecule has 0 bridgehead atoms. The van der Waals surface area contributed by atoms with E-state index in [-0.39, 0.29) is 11.9 Å². The number of nitrogens with zero attached hydrogens (tertiary/aromatic N) is 2. The van der Waals surface area contributed by atoms with Crippen LogP contribution in [0.15, 0.2) is 0 Å². The minimum Gasteiger partial charge on any atom is -0.355 e. The summed E-state index contributed by atoms with van der Waals surface area (Å²) in [6, 6.07) is -0.0996. The number of amides is 1. The number of likely N-dealkylation sites (N-methyl/N-ethyl adjacent to an activating group) is 2. The van der Waals surface area contributed by atoms with Crippen LogP contribution in [0.5, 0.6) is 0 Å². The van der Waals surface area contributed by atoms with E-state index in [1.165, 1.54) is 5.56 Å². The van der Waals surface area contributed by atoms with Crippen molar-refractivity contribution in [3.63, 3.8) is 0 Å². The quantitative estimate of drug-likeness (QED) is 0.795. The lowest BCUT2D eigenvalue weighted by molar-refractivity contribution is -0.125. The Morgan fingerprint density at radius 2 is 2.17 bits per heavy atom. The van der Waals surface area contributed by atoms with Crippen molar-refractivity contribution in [1.29, 1.82) is 0 Å². The van der Waals surface area contributed by atoms with E-state index >= 15 is 0 Å². The molecule has 0 aliphatic carbocycles. The maximum Gasteiger partial charge on any atom is 0.237 e. The number of hydrogen-bond donors (Lipinski definition) is 2. The zero-order valence-electron chi connectivity index (χ0n) is 12.0. The van der Waals surface area contributed by atoms with Gasteiger partial charge in [-0.1, -0.05) is 0 Å². The van der Waals surface area contributed by atoms with E-state index in [0.29, 0.717) is 6.54 Å². The van der Waals surface area contributed by atoms with E-state index in [4.69, 9.17) is 0 Å². The number of nitrogens with one attached hydrogen (secondary N) is 2. The van der Waals surface area contributed by atoms with Gasteiger partial charge in [-0.15, -0.1) is 0 Å². The van der Waals surface area contributed by atoms with E-state index in [2.05, 4.69) is 20.4 Å². The lowest BCUT2D eigenvalue weighted by atomic mass is 10.1. The van der Waals surface area contributed by atoms with Gasteiger partial charge in [0.2, 0.25) is 5.91 Å². The molecule has 1 aromatic rings. The van der Waals surface area contributed by atoms with E-state index in [9.17, 15) is 4.79 Å². The normalized spacial score (nSPS) is 12.8. The van der Waals surface area contributed by atoms with Crippen LogP contribution in [-0.2, 0) is 11.2 Å². The van der Waals surface area contributed by atoms with Crippen molar-refractivity contribution in [2.45, 2.75) is 40.2 Å². The Morgan fingerprint density at radius 1 is 1.50 bits per heavy atom. The predicted octanol–water partition coefficient (Wildman–Crippen LogP) is 1.03. The number of H-pyrrole nitrogens is 1. The SMILES string of the molecule is CCNC(=O)C(C)N(C)CCc1c(C)n[nH]c1C. The molecule has 1 unspecified atom stereocenters. The lowest BCUT2D eigenvalue weighted by Gasteiger charge is -2.23. The molecule has 1 heterocycles. The lowest BCUT2D eigenvalue weighted by Crippen LogP contribution is -2.43. The van der Waals surface area contributed by atoms with Gasteiger partial charge >= 0.3 is 0 Å². The van der Waals surface area contributed by atoms with Crippen LogP contribution in [0.25, 0.3) is 0 Å². The van der Waals surface area contributed by atoms with E-state index in [1.807, 2.05) is 34.7 Å². The van der Waals surface area contributed by atoms with Gasteiger partial charge in [0, 0.05) is 18.8 Å². The molecule has 1 aromatic heterocycles. The summed E-state index contributed by atoms with van der Waals surface area (Å²) < 4.78 is 0. The van der Waals surface area contributed by atoms with Crippen LogP contribution < -0.4 is 5.32 Å². The third-order valence-electron chi connectivity index (χ3n) is 3.39. The summed E-state index contributed by atoms with van der Waals surface area (Å²) in [5.41, 5.74) is 3.42. The Morgan fingerprint density at radius 3 is 2.67 bits per heavy atom. The van der Waals surface area contributed by atoms with Crippen LogP contribution in [-0.4, -0.2) is 47.2 Å². The van der Waals surface area contributed by atoms with Crippen molar-refractivity contribution in [2.24, 2.45) is 0 Å². The number of aryl methyl sites for hydroxylation is 2. The number of carbonyl (C=O) groups is 1. The van der Waals surface area contributed by atoms with Crippen molar-refractivity contribution in [3.8, 4) is 0 Å². The molecule has 0 aliphatic rings. The Labute approximate surface area is 109 Å². The fourth-order valence-corrected chi connectivity index (χ4v) is 1.95. The molecule has 1 rings (SSSR count). The molecule has 5 heteroatoms. The topological polar surface area (TPSA) is 61.0 Å². The molecular formula is C13H24N4O. The van der Waals surface area contributed by atoms with Gasteiger partial charge in [-0.25, -0.2) is 0 Å². The Bertz CT molecular complexity index is 380. The number of aromatic amines is 1. The summed E-state index contributed by atoms with van der Waals surface area (Å²) >= 11 is 0. The van der Waals surface area contributed by atoms with E-state index < -0.39 is 0 Å². The highest BCUT2D eigenvalue weighted by Crippen LogP contribution is 2.11. The van der Waals surface area contributed by atoms with Crippen LogP contribution in [0.4, 0.5) is 0 Å². The third kappa shape index (κ3) is 3.57. The minimum atomic E-state index is -0.0996. The average Bonchev–Trinajstić information content (AvgIpc) is 2.65. The molecule has 2 N–H and O–H groups in total. The molecule has 5 nitrogen and oxygen atoms in total. The first-order chi connectivity index (χ1) is 8.47. The molecule has 0 radical (unpaired) electrons. The molecule has 0 aromatic carbocycles. The predicted molar refractivity (Wildman–Crippen MR) is 72.5 cm³/mol. The van der Waals surface area contributed by atoms with Gasteiger partial charge in [0.05, 0.1) is 11.7 Å². The highest BCUT2D eigenvalue weighted by molar-refractivity contribution is 5.81. The summed E-state index contributed by atoms with van der Waals surface area (Å²) in [6.07, 6.45) is 0.911. The fourth-order valence-electron chi connectivity index (χ4n) is 1.95. The van der Waals surface area contributed by atoms with Gasteiger partial charge in [-0.3, -0.25) is 14.8 Å². The van der Waals surface area contributed by atoms with Crippen LogP contribution in [0.2, 0.25) is 0 Å². The fraction of sp³-hybridized carbons (Fsp3) is 0.692. The first-order valence-electron chi connectivity index (χ1n) is 6.45. The highest BCUT2D eigenvalue weighted by atomic mass is 16.2. The Balaban J connectivity index is 2.51. The van der Waals surface area contributed by atoms with Crippen molar-refractivity contribution in [2.75, 3.05) is 20.1 Å². The van der Waals surface area contributed by atoms with Crippen LogP contribution >= 0.6 is 0 Å². The average molecular weight is 252 g/mol. The number of hydrogen-bond acceptors (Lipinski definition) is 3. The Kier molecular flexibility index (Phi) is 5.34. The number of rotatable bonds is 6. The van der Waals surface area contributed by atoms with Crippen molar-refractivity contribution < 1.29 is 4.79 Å². The summed E-state index contributed by atoms with van der Waals surface area (Å²) in [5.74, 6) is 0.0839. The smallest absolute Gasteiger partial charge is 0.237 e. The molecule has 18 heavy (non-hydrogen) atoms. The molecule has 102 valence electrons. The van der Waals surface area contributed by atoms with Gasteiger partial charge in [-0.2, -0.15) is 5.10 Å². The zero-order valence-corrected chi connectivity index (χ0v) is 12.0. The van der Waals surface area contributed by atoms with Crippen molar-refractivity contribution >= 4 is 5.91 Å². The molecule has 1 amide bonds. The second-order valence-corrected chi connectivity index (χ2v) is 4.71. The van der Waals surface area contributed by atoms with Gasteiger partial charge < -0.3 is 5.32 Å². The molecular weight excluding hydrogens is 228 g/mol. The molecule has 0 aliphatic heterocycles. The van der Waals surface area contributed by atoms with E-state index in [1.54, 1.807) is 0 Å². The largest absolute Gasteiger partial charge is 0.355 e. The standard InChI is InChI=1S/C13H24N4O/c1-6-14-13(18)11(4)17(5)8-7-12-9(2)15-16-10(12)3/h11H,6-8H2,1-5H3,(H,14,18)(H,15,16). The van der Waals surface area contributed by atoms with Gasteiger partial charge in [0.25, 0.3) is 0 Å². The molecule has 1 atom stereocenters. The van der Waals surface area contributed by atoms with Gasteiger partial charge in [-0.05, 0) is 46.7 Å². The first-order valence-corrected chi connectivity index (χ1v) is 6.45. The summed E-state index contributed by atoms with van der Waals surface area (Å²) in [4.78, 5) is 13.8. The van der Waals surface area contributed by atoms with Crippen LogP contribution in [0, 0.1) is 13.8 Å². The van der Waals surface area contributed by atoms with E-state index in [0.717, 1.165) is 24.4 Å². The van der Waals surface area contributed by atoms with Gasteiger partial charge in [0.1, 0.15) is 0 Å². The highest BCUT2D eigenvalue weighted by Gasteiger charge is 2.17. The van der Waals surface area contributed by atoms with Crippen LogP contribution in [0.3, 0.4) is 0 Å². The number of aromatic nitrogens is 2. The van der Waals surface area contributed by atoms with Crippen molar-refractivity contribution in [3.05, 3.63) is 17.0 Å². The van der Waals surface area contributed by atoms with Crippen molar-refractivity contribution in [1.82, 2.24) is 20.4 Å². The maximum absolute atomic E-state index is 11.7. The molecule has 0 spiro atoms. The second-order valence-electron chi connectivity index (χ2n) is 4.71. The zero-order chi connectivity index (χ0) is 13.7. The Hall–Kier alpha value is -1.36. The minimum absolute atomic E-state index is 0.0839. The monoisotopic (exact) mass is 252 g/mol. The molecule has 0 saturated carbocycles. The third-order valence-corrected chi connectivity index (χ3v) is 3.39. The summed E-state index contributed by atoms with van der Waals surface area (Å²) in [7, 11) is 1.98. The molecule has 0 fully saturated rings. The summed E-state index contributed by atoms with van der Waals surface area (Å²) in [5, 5.41) is 10.0. The van der Waals surface area contributed by atoms with Crippen LogP contribution in [0.1, 0.15) is 30.8 Å².